The summed E-state index contributed by atoms with van der Waals surface area (Å²) in [5.74, 6) is -1.27. The van der Waals surface area contributed by atoms with Crippen molar-refractivity contribution in [1.29, 1.82) is 0 Å². The third kappa shape index (κ3) is 3.24. The van der Waals surface area contributed by atoms with Crippen LogP contribution < -0.4 is 5.32 Å². The van der Waals surface area contributed by atoms with Gasteiger partial charge in [-0.3, -0.25) is 9.59 Å². The van der Waals surface area contributed by atoms with Crippen LogP contribution in [0.25, 0.3) is 11.0 Å². The van der Waals surface area contributed by atoms with E-state index < -0.39 is 12.0 Å². The predicted octanol–water partition coefficient (Wildman–Crippen LogP) is 1.91. The number of carbonyl (C=O) groups is 2. The van der Waals surface area contributed by atoms with E-state index in [0.717, 1.165) is 11.0 Å². The van der Waals surface area contributed by atoms with Gasteiger partial charge in [0.25, 0.3) is 5.91 Å². The number of rotatable bonds is 5. The maximum absolute atomic E-state index is 12.3. The summed E-state index contributed by atoms with van der Waals surface area (Å²) in [7, 11) is 0. The molecule has 2 N–H and O–H groups in total. The van der Waals surface area contributed by atoms with E-state index in [-0.39, 0.29) is 18.4 Å². The van der Waals surface area contributed by atoms with Gasteiger partial charge in [-0.2, -0.15) is 5.10 Å². The van der Waals surface area contributed by atoms with Gasteiger partial charge in [-0.1, -0.05) is 0 Å². The van der Waals surface area contributed by atoms with Gasteiger partial charge in [-0.25, -0.2) is 9.67 Å². The van der Waals surface area contributed by atoms with Crippen LogP contribution in [0.5, 0.6) is 0 Å². The summed E-state index contributed by atoms with van der Waals surface area (Å²) in [6.07, 6.45) is 1.56. The van der Waals surface area contributed by atoms with Crippen LogP contribution in [0.1, 0.15) is 49.3 Å². The molecule has 0 saturated carbocycles. The molecule has 1 unspecified atom stereocenters. The van der Waals surface area contributed by atoms with Gasteiger partial charge in [-0.05, 0) is 33.8 Å². The largest absolute Gasteiger partial charge is 0.481 e. The Bertz CT molecular complexity index is 721. The molecular formula is C15H20N4O3. The van der Waals surface area contributed by atoms with Crippen LogP contribution in [-0.2, 0) is 4.79 Å². The first-order chi connectivity index (χ1) is 10.3. The van der Waals surface area contributed by atoms with E-state index in [1.807, 2.05) is 13.8 Å². The smallest absolute Gasteiger partial charge is 0.305 e. The van der Waals surface area contributed by atoms with Gasteiger partial charge in [-0.15, -0.1) is 0 Å². The Morgan fingerprint density at radius 2 is 2.05 bits per heavy atom. The first kappa shape index (κ1) is 15.9. The molecule has 0 saturated heterocycles. The lowest BCUT2D eigenvalue weighted by molar-refractivity contribution is -0.137. The molecule has 7 heteroatoms. The van der Waals surface area contributed by atoms with Gasteiger partial charge in [0.05, 0.1) is 23.9 Å². The predicted molar refractivity (Wildman–Crippen MR) is 81.8 cm³/mol. The molecule has 0 aliphatic carbocycles. The number of aryl methyl sites for hydroxylation is 1. The van der Waals surface area contributed by atoms with Crippen LogP contribution in [0.15, 0.2) is 12.3 Å². The summed E-state index contributed by atoms with van der Waals surface area (Å²) < 4.78 is 1.80. The molecule has 0 aliphatic heterocycles. The lowest BCUT2D eigenvalue weighted by atomic mass is 10.1. The first-order valence-electron chi connectivity index (χ1n) is 7.17. The summed E-state index contributed by atoms with van der Waals surface area (Å²) >= 11 is 0. The lowest BCUT2D eigenvalue weighted by Gasteiger charge is -2.13. The number of hydrogen-bond acceptors (Lipinski definition) is 4. The Labute approximate surface area is 128 Å². The number of nitrogens with zero attached hydrogens (tertiary/aromatic N) is 3. The number of nitrogens with one attached hydrogen (secondary N) is 1. The third-order valence-electron chi connectivity index (χ3n) is 3.35. The molecule has 1 atom stereocenters. The van der Waals surface area contributed by atoms with Crippen molar-refractivity contribution in [2.75, 3.05) is 0 Å². The van der Waals surface area contributed by atoms with Crippen LogP contribution in [0.2, 0.25) is 0 Å². The molecule has 2 aromatic rings. The van der Waals surface area contributed by atoms with Gasteiger partial charge in [0.2, 0.25) is 0 Å². The third-order valence-corrected chi connectivity index (χ3v) is 3.35. The molecule has 7 nitrogen and oxygen atoms in total. The van der Waals surface area contributed by atoms with E-state index in [1.165, 1.54) is 0 Å². The van der Waals surface area contributed by atoms with E-state index >= 15 is 0 Å². The molecule has 2 heterocycles. The van der Waals surface area contributed by atoms with Crippen LogP contribution in [0, 0.1) is 6.92 Å². The van der Waals surface area contributed by atoms with Crippen molar-refractivity contribution in [3.63, 3.8) is 0 Å². The Morgan fingerprint density at radius 1 is 1.36 bits per heavy atom. The van der Waals surface area contributed by atoms with Crippen LogP contribution in [-0.4, -0.2) is 37.8 Å². The Hall–Kier alpha value is -2.44. The SMILES string of the molecule is Cc1nc2c(cnn2C(C)C)cc1C(=O)NC(C)CC(=O)O. The number of fused-ring (bicyclic) bond motifs is 1. The highest BCUT2D eigenvalue weighted by Gasteiger charge is 2.17. The topological polar surface area (TPSA) is 97.1 Å². The van der Waals surface area contributed by atoms with Gasteiger partial charge in [0.1, 0.15) is 0 Å². The highest BCUT2D eigenvalue weighted by atomic mass is 16.4. The molecular weight excluding hydrogens is 284 g/mol. The zero-order valence-electron chi connectivity index (χ0n) is 13.1. The Kier molecular flexibility index (Phi) is 4.44. The van der Waals surface area contributed by atoms with Crippen molar-refractivity contribution in [2.24, 2.45) is 0 Å². The fourth-order valence-corrected chi connectivity index (χ4v) is 2.29. The average Bonchev–Trinajstić information content (AvgIpc) is 2.79. The minimum Gasteiger partial charge on any atom is -0.481 e. The van der Waals surface area contributed by atoms with Crippen molar-refractivity contribution < 1.29 is 14.7 Å². The second kappa shape index (κ2) is 6.13. The van der Waals surface area contributed by atoms with E-state index in [4.69, 9.17) is 5.11 Å². The highest BCUT2D eigenvalue weighted by molar-refractivity contribution is 5.98. The Balaban J connectivity index is 2.30. The van der Waals surface area contributed by atoms with Gasteiger partial charge < -0.3 is 10.4 Å². The van der Waals surface area contributed by atoms with Crippen LogP contribution in [0.3, 0.4) is 0 Å². The Morgan fingerprint density at radius 3 is 2.64 bits per heavy atom. The standard InChI is InChI=1S/C15H20N4O3/c1-8(2)19-14-11(7-16-19)6-12(10(4)18-14)15(22)17-9(3)5-13(20)21/h6-9H,5H2,1-4H3,(H,17,22)(H,20,21). The number of carboxylic acids is 1. The van der Waals surface area contributed by atoms with Crippen molar-refractivity contribution in [3.05, 3.63) is 23.5 Å². The van der Waals surface area contributed by atoms with Crippen LogP contribution in [0.4, 0.5) is 0 Å². The second-order valence-corrected chi connectivity index (χ2v) is 5.69. The summed E-state index contributed by atoms with van der Waals surface area (Å²) in [4.78, 5) is 27.4. The van der Waals surface area contributed by atoms with Crippen molar-refractivity contribution >= 4 is 22.9 Å². The molecule has 0 aliphatic rings. The minimum atomic E-state index is -0.948. The fraction of sp³-hybridized carbons (Fsp3) is 0.467. The molecule has 118 valence electrons. The number of pyridine rings is 1. The zero-order chi connectivity index (χ0) is 16.4. The summed E-state index contributed by atoms with van der Waals surface area (Å²) in [6.45, 7) is 7.44. The van der Waals surface area contributed by atoms with Gasteiger partial charge in [0.15, 0.2) is 5.65 Å². The monoisotopic (exact) mass is 304 g/mol. The van der Waals surface area contributed by atoms with E-state index in [0.29, 0.717) is 11.3 Å². The first-order valence-corrected chi connectivity index (χ1v) is 7.17. The molecule has 1 amide bonds. The number of hydrogen-bond donors (Lipinski definition) is 2. The molecule has 0 radical (unpaired) electrons. The number of aliphatic carboxylic acids is 1. The van der Waals surface area contributed by atoms with Crippen molar-refractivity contribution in [1.82, 2.24) is 20.1 Å². The molecule has 0 fully saturated rings. The van der Waals surface area contributed by atoms with E-state index in [9.17, 15) is 9.59 Å². The van der Waals surface area contributed by atoms with Crippen molar-refractivity contribution in [2.45, 2.75) is 46.2 Å². The normalized spacial score (nSPS) is 12.6. The van der Waals surface area contributed by atoms with Gasteiger partial charge >= 0.3 is 5.97 Å². The van der Waals surface area contributed by atoms with Crippen molar-refractivity contribution in [3.8, 4) is 0 Å². The zero-order valence-corrected chi connectivity index (χ0v) is 13.1. The van der Waals surface area contributed by atoms with E-state index in [1.54, 1.807) is 30.8 Å². The highest BCUT2D eigenvalue weighted by Crippen LogP contribution is 2.19. The average molecular weight is 304 g/mol. The second-order valence-electron chi connectivity index (χ2n) is 5.69. The molecule has 0 bridgehead atoms. The molecule has 0 aromatic carbocycles. The lowest BCUT2D eigenvalue weighted by Crippen LogP contribution is -2.34. The summed E-state index contributed by atoms with van der Waals surface area (Å²) in [5.41, 5.74) is 1.77. The number of carboxylic acid groups (broad SMARTS) is 1. The number of amides is 1. The molecule has 22 heavy (non-hydrogen) atoms. The number of aromatic nitrogens is 3. The summed E-state index contributed by atoms with van der Waals surface area (Å²) in [6, 6.07) is 1.48. The van der Waals surface area contributed by atoms with Gasteiger partial charge in [0, 0.05) is 17.5 Å². The quantitative estimate of drug-likeness (QED) is 0.879. The fourth-order valence-electron chi connectivity index (χ4n) is 2.29. The van der Waals surface area contributed by atoms with E-state index in [2.05, 4.69) is 15.4 Å². The molecule has 0 spiro atoms. The van der Waals surface area contributed by atoms with Crippen LogP contribution >= 0.6 is 0 Å². The molecule has 2 aromatic heterocycles. The molecule has 2 rings (SSSR count). The maximum Gasteiger partial charge on any atom is 0.305 e. The summed E-state index contributed by atoms with van der Waals surface area (Å²) in [5, 5.41) is 16.5. The number of carbonyl (C=O) groups excluding carboxylic acids is 1. The minimum absolute atomic E-state index is 0.119. The maximum atomic E-state index is 12.3.